The summed E-state index contributed by atoms with van der Waals surface area (Å²) in [6.07, 6.45) is 1.50. The van der Waals surface area contributed by atoms with E-state index >= 15 is 0 Å². The molecule has 0 spiro atoms. The van der Waals surface area contributed by atoms with Crippen LogP contribution in [0.2, 0.25) is 0 Å². The van der Waals surface area contributed by atoms with Crippen LogP contribution < -0.4 is 9.57 Å². The van der Waals surface area contributed by atoms with Crippen molar-refractivity contribution in [1.29, 1.82) is 0 Å². The molecule has 1 heterocycles. The normalized spacial score (nSPS) is 10.4. The van der Waals surface area contributed by atoms with Crippen molar-refractivity contribution in [2.24, 2.45) is 5.16 Å². The summed E-state index contributed by atoms with van der Waals surface area (Å²) in [6.45, 7) is 1.73. The molecule has 0 fully saturated rings. The molecule has 0 radical (unpaired) electrons. The summed E-state index contributed by atoms with van der Waals surface area (Å²) >= 11 is 0. The van der Waals surface area contributed by atoms with Crippen molar-refractivity contribution in [1.82, 2.24) is 5.16 Å². The lowest BCUT2D eigenvalue weighted by Crippen LogP contribution is -1.79. The van der Waals surface area contributed by atoms with Crippen LogP contribution in [0.25, 0.3) is 0 Å². The molecule has 0 aliphatic heterocycles. The Hall–Kier alpha value is -1.52. The molecule has 0 aliphatic rings. The molecule has 0 atom stereocenters. The summed E-state index contributed by atoms with van der Waals surface area (Å²) in [6, 6.07) is 1.49. The number of ether oxygens (including phenoxy) is 1. The van der Waals surface area contributed by atoms with Gasteiger partial charge in [0.05, 0.1) is 13.2 Å². The standard InChI is InChI=1S/C6H8N2O3/c1-3-7-10-6-4-5(9-2)8-11-6/h3-4H,1-2H3/b7-3+. The molecule has 5 nitrogen and oxygen atoms in total. The van der Waals surface area contributed by atoms with Crippen molar-refractivity contribution in [2.75, 3.05) is 7.11 Å². The van der Waals surface area contributed by atoms with E-state index in [4.69, 9.17) is 9.57 Å². The van der Waals surface area contributed by atoms with Gasteiger partial charge in [-0.2, -0.15) is 0 Å². The minimum absolute atomic E-state index is 0.208. The average molecular weight is 156 g/mol. The molecule has 1 aromatic heterocycles. The largest absolute Gasteiger partial charge is 0.479 e. The number of nitrogens with zero attached hydrogens (tertiary/aromatic N) is 2. The van der Waals surface area contributed by atoms with Crippen molar-refractivity contribution in [3.63, 3.8) is 0 Å². The van der Waals surface area contributed by atoms with Crippen molar-refractivity contribution in [3.8, 4) is 11.8 Å². The van der Waals surface area contributed by atoms with Crippen LogP contribution in [0.4, 0.5) is 0 Å². The number of methoxy groups -OCH3 is 1. The van der Waals surface area contributed by atoms with Gasteiger partial charge in [-0.15, -0.1) is 0 Å². The fraction of sp³-hybridized carbons (Fsp3) is 0.333. The zero-order valence-electron chi connectivity index (χ0n) is 6.27. The van der Waals surface area contributed by atoms with Gasteiger partial charge in [-0.3, -0.25) is 0 Å². The van der Waals surface area contributed by atoms with Crippen molar-refractivity contribution in [3.05, 3.63) is 6.07 Å². The third-order valence-electron chi connectivity index (χ3n) is 0.924. The fourth-order valence-electron chi connectivity index (χ4n) is 0.487. The van der Waals surface area contributed by atoms with Crippen LogP contribution in [0.3, 0.4) is 0 Å². The summed E-state index contributed by atoms with van der Waals surface area (Å²) < 4.78 is 9.38. The molecule has 60 valence electrons. The monoisotopic (exact) mass is 156 g/mol. The van der Waals surface area contributed by atoms with Gasteiger partial charge in [0.15, 0.2) is 0 Å². The Labute approximate surface area is 63.6 Å². The van der Waals surface area contributed by atoms with Gasteiger partial charge in [-0.05, 0) is 12.1 Å². The van der Waals surface area contributed by atoms with Crippen LogP contribution in [0, 0.1) is 0 Å². The van der Waals surface area contributed by atoms with Crippen LogP contribution in [-0.4, -0.2) is 18.5 Å². The van der Waals surface area contributed by atoms with E-state index in [2.05, 4.69) is 14.8 Å². The number of rotatable bonds is 3. The first-order valence-corrected chi connectivity index (χ1v) is 3.02. The maximum atomic E-state index is 4.74. The first-order valence-electron chi connectivity index (χ1n) is 3.02. The predicted molar refractivity (Wildman–Crippen MR) is 37.8 cm³/mol. The van der Waals surface area contributed by atoms with E-state index in [1.54, 1.807) is 6.92 Å². The average Bonchev–Trinajstić information content (AvgIpc) is 2.48. The lowest BCUT2D eigenvalue weighted by atomic mass is 10.7. The maximum absolute atomic E-state index is 4.74. The molecule has 0 saturated heterocycles. The first-order chi connectivity index (χ1) is 5.36. The van der Waals surface area contributed by atoms with Crippen LogP contribution in [-0.2, 0) is 0 Å². The summed E-state index contributed by atoms with van der Waals surface area (Å²) in [5, 5.41) is 6.97. The van der Waals surface area contributed by atoms with Crippen LogP contribution in [0.1, 0.15) is 6.92 Å². The van der Waals surface area contributed by atoms with E-state index in [9.17, 15) is 0 Å². The Morgan fingerprint density at radius 2 is 2.55 bits per heavy atom. The third-order valence-corrected chi connectivity index (χ3v) is 0.924. The van der Waals surface area contributed by atoms with Gasteiger partial charge >= 0.3 is 5.95 Å². The molecule has 1 rings (SSSR count). The molecule has 0 bridgehead atoms. The van der Waals surface area contributed by atoms with Crippen molar-refractivity contribution >= 4 is 6.21 Å². The van der Waals surface area contributed by atoms with E-state index in [0.29, 0.717) is 5.88 Å². The van der Waals surface area contributed by atoms with Crippen LogP contribution >= 0.6 is 0 Å². The molecule has 11 heavy (non-hydrogen) atoms. The zero-order chi connectivity index (χ0) is 8.10. The predicted octanol–water partition coefficient (Wildman–Crippen LogP) is 1.07. The molecule has 0 aromatic carbocycles. The number of hydrogen-bond donors (Lipinski definition) is 0. The highest BCUT2D eigenvalue weighted by molar-refractivity contribution is 5.52. The molecule has 0 amide bonds. The van der Waals surface area contributed by atoms with Crippen LogP contribution in [0.5, 0.6) is 11.8 Å². The van der Waals surface area contributed by atoms with Crippen molar-refractivity contribution < 1.29 is 14.1 Å². The van der Waals surface area contributed by atoms with E-state index in [1.807, 2.05) is 0 Å². The lowest BCUT2D eigenvalue weighted by Gasteiger charge is -1.85. The van der Waals surface area contributed by atoms with Crippen LogP contribution in [0.15, 0.2) is 15.7 Å². The zero-order valence-corrected chi connectivity index (χ0v) is 6.27. The fourth-order valence-corrected chi connectivity index (χ4v) is 0.487. The molecule has 0 aliphatic carbocycles. The quantitative estimate of drug-likeness (QED) is 0.485. The Kier molecular flexibility index (Phi) is 2.48. The number of oxime groups is 1. The number of hydrogen-bond acceptors (Lipinski definition) is 5. The summed E-state index contributed by atoms with van der Waals surface area (Å²) in [5.74, 6) is 0.575. The van der Waals surface area contributed by atoms with Gasteiger partial charge in [0.2, 0.25) is 0 Å². The van der Waals surface area contributed by atoms with Gasteiger partial charge in [0, 0.05) is 6.21 Å². The highest BCUT2D eigenvalue weighted by Gasteiger charge is 2.02. The van der Waals surface area contributed by atoms with Gasteiger partial charge in [-0.1, -0.05) is 5.16 Å². The van der Waals surface area contributed by atoms with E-state index in [-0.39, 0.29) is 5.95 Å². The minimum atomic E-state index is 0.208. The van der Waals surface area contributed by atoms with Crippen molar-refractivity contribution in [2.45, 2.75) is 6.92 Å². The smallest absolute Gasteiger partial charge is 0.343 e. The van der Waals surface area contributed by atoms with Gasteiger partial charge in [0.25, 0.3) is 5.88 Å². The Balaban J connectivity index is 2.58. The maximum Gasteiger partial charge on any atom is 0.343 e. The summed E-state index contributed by atoms with van der Waals surface area (Å²) in [5.41, 5.74) is 0. The highest BCUT2D eigenvalue weighted by Crippen LogP contribution is 2.17. The molecule has 0 N–H and O–H groups in total. The lowest BCUT2D eigenvalue weighted by molar-refractivity contribution is 0.220. The Bertz CT molecular complexity index is 244. The van der Waals surface area contributed by atoms with E-state index in [1.165, 1.54) is 19.4 Å². The third kappa shape index (κ3) is 1.96. The molecular weight excluding hydrogens is 148 g/mol. The van der Waals surface area contributed by atoms with E-state index in [0.717, 1.165) is 0 Å². The van der Waals surface area contributed by atoms with Gasteiger partial charge in [0.1, 0.15) is 0 Å². The van der Waals surface area contributed by atoms with Gasteiger partial charge < -0.3 is 14.1 Å². The topological polar surface area (TPSA) is 56.9 Å². The Morgan fingerprint density at radius 3 is 3.09 bits per heavy atom. The highest BCUT2D eigenvalue weighted by atomic mass is 16.7. The molecule has 0 unspecified atom stereocenters. The summed E-state index contributed by atoms with van der Waals surface area (Å²) in [4.78, 5) is 4.70. The first kappa shape index (κ1) is 7.59. The summed E-state index contributed by atoms with van der Waals surface area (Å²) in [7, 11) is 1.49. The van der Waals surface area contributed by atoms with E-state index < -0.39 is 0 Å². The molecule has 5 heteroatoms. The molecular formula is C6H8N2O3. The second kappa shape index (κ2) is 3.60. The molecule has 0 saturated carbocycles. The SMILES string of the molecule is C/C=N/Oc1cc(OC)no1. The number of aromatic nitrogens is 1. The Morgan fingerprint density at radius 1 is 1.73 bits per heavy atom. The second-order valence-corrected chi connectivity index (χ2v) is 1.64. The minimum Gasteiger partial charge on any atom is -0.479 e. The second-order valence-electron chi connectivity index (χ2n) is 1.64. The van der Waals surface area contributed by atoms with Gasteiger partial charge in [-0.25, -0.2) is 0 Å². The molecule has 1 aromatic rings.